The van der Waals surface area contributed by atoms with Crippen LogP contribution in [0, 0.1) is 12.3 Å². The summed E-state index contributed by atoms with van der Waals surface area (Å²) in [5, 5.41) is 0. The minimum atomic E-state index is -3.59. The van der Waals surface area contributed by atoms with Crippen LogP contribution in [0.4, 0.5) is 0 Å². The number of carbonyl (C=O) groups excluding carboxylic acids is 1. The van der Waals surface area contributed by atoms with Crippen molar-refractivity contribution >= 4 is 15.9 Å². The monoisotopic (exact) mass is 224 g/mol. The Morgan fingerprint density at radius 1 is 1.60 bits per heavy atom. The van der Waals surface area contributed by atoms with Crippen LogP contribution in [0.5, 0.6) is 0 Å². The van der Waals surface area contributed by atoms with Crippen LogP contribution in [0.25, 0.3) is 0 Å². The molecule has 1 aromatic rings. The third kappa shape index (κ3) is 3.07. The maximum absolute atomic E-state index is 11.4. The number of nitrogens with one attached hydrogen (secondary N) is 1. The highest BCUT2D eigenvalue weighted by Gasteiger charge is 2.14. The van der Waals surface area contributed by atoms with Crippen molar-refractivity contribution in [3.8, 4) is 12.3 Å². The van der Waals surface area contributed by atoms with Gasteiger partial charge in [0, 0.05) is 6.20 Å². The number of hydrogen-bond donors (Lipinski definition) is 1. The summed E-state index contributed by atoms with van der Waals surface area (Å²) in [4.78, 5) is 15.2. The van der Waals surface area contributed by atoms with E-state index in [-0.39, 0.29) is 11.3 Å². The fourth-order valence-electron chi connectivity index (χ4n) is 0.927. The SMILES string of the molecule is C#Cc1ncccc1C(=O)NS(C)(=O)=O. The van der Waals surface area contributed by atoms with Gasteiger partial charge in [-0.1, -0.05) is 0 Å². The van der Waals surface area contributed by atoms with Crippen LogP contribution in [0.15, 0.2) is 18.3 Å². The fraction of sp³-hybridized carbons (Fsp3) is 0.111. The Bertz CT molecular complexity index is 529. The van der Waals surface area contributed by atoms with Crippen molar-refractivity contribution in [1.82, 2.24) is 9.71 Å². The molecule has 1 rings (SSSR count). The van der Waals surface area contributed by atoms with Crippen molar-refractivity contribution in [2.75, 3.05) is 6.26 Å². The zero-order valence-corrected chi connectivity index (χ0v) is 8.71. The second kappa shape index (κ2) is 4.11. The van der Waals surface area contributed by atoms with E-state index in [1.165, 1.54) is 18.3 Å². The standard InChI is InChI=1S/C9H8N2O3S/c1-3-8-7(5-4-6-10-8)9(12)11-15(2,13)14/h1,4-6H,2H3,(H,11,12). The molecule has 78 valence electrons. The molecule has 0 aromatic carbocycles. The molecule has 0 spiro atoms. The Morgan fingerprint density at radius 3 is 2.80 bits per heavy atom. The first-order chi connectivity index (χ1) is 6.94. The van der Waals surface area contributed by atoms with E-state index < -0.39 is 15.9 Å². The highest BCUT2D eigenvalue weighted by molar-refractivity contribution is 7.89. The molecule has 0 aliphatic carbocycles. The van der Waals surface area contributed by atoms with Gasteiger partial charge in [0.2, 0.25) is 10.0 Å². The van der Waals surface area contributed by atoms with Gasteiger partial charge in [-0.05, 0) is 18.1 Å². The van der Waals surface area contributed by atoms with Crippen molar-refractivity contribution in [1.29, 1.82) is 0 Å². The molecule has 15 heavy (non-hydrogen) atoms. The number of carbonyl (C=O) groups is 1. The molecule has 0 aliphatic rings. The van der Waals surface area contributed by atoms with Gasteiger partial charge in [-0.15, -0.1) is 6.42 Å². The van der Waals surface area contributed by atoms with Crippen molar-refractivity contribution in [3.05, 3.63) is 29.6 Å². The number of nitrogens with zero attached hydrogens (tertiary/aromatic N) is 1. The Morgan fingerprint density at radius 2 is 2.27 bits per heavy atom. The van der Waals surface area contributed by atoms with Gasteiger partial charge in [0.1, 0.15) is 5.69 Å². The lowest BCUT2D eigenvalue weighted by atomic mass is 10.2. The second-order valence-corrected chi connectivity index (χ2v) is 4.50. The lowest BCUT2D eigenvalue weighted by Gasteiger charge is -2.03. The molecule has 0 saturated heterocycles. The van der Waals surface area contributed by atoms with Crippen LogP contribution in [-0.2, 0) is 10.0 Å². The summed E-state index contributed by atoms with van der Waals surface area (Å²) in [5.74, 6) is 1.42. The van der Waals surface area contributed by atoms with Gasteiger partial charge in [0.15, 0.2) is 0 Å². The predicted molar refractivity (Wildman–Crippen MR) is 54.5 cm³/mol. The van der Waals surface area contributed by atoms with E-state index in [1.54, 1.807) is 0 Å². The average molecular weight is 224 g/mol. The molecule has 0 saturated carbocycles. The first-order valence-electron chi connectivity index (χ1n) is 3.88. The fourth-order valence-corrected chi connectivity index (χ4v) is 1.37. The first kappa shape index (κ1) is 11.2. The predicted octanol–water partition coefficient (Wildman–Crippen LogP) is -0.248. The smallest absolute Gasteiger partial charge is 0.267 e. The maximum Gasteiger partial charge on any atom is 0.267 e. The van der Waals surface area contributed by atoms with Gasteiger partial charge < -0.3 is 0 Å². The number of terminal acetylenes is 1. The molecular weight excluding hydrogens is 216 g/mol. The number of rotatable bonds is 2. The van der Waals surface area contributed by atoms with Crippen molar-refractivity contribution in [2.24, 2.45) is 0 Å². The summed E-state index contributed by atoms with van der Waals surface area (Å²) < 4.78 is 23.4. The van der Waals surface area contributed by atoms with Crippen molar-refractivity contribution in [3.63, 3.8) is 0 Å². The number of pyridine rings is 1. The summed E-state index contributed by atoms with van der Waals surface area (Å²) in [7, 11) is -3.59. The topological polar surface area (TPSA) is 76.1 Å². The Hall–Kier alpha value is -1.87. The van der Waals surface area contributed by atoms with E-state index in [4.69, 9.17) is 6.42 Å². The molecule has 5 nitrogen and oxygen atoms in total. The van der Waals surface area contributed by atoms with E-state index in [2.05, 4.69) is 10.9 Å². The molecule has 1 heterocycles. The van der Waals surface area contributed by atoms with E-state index in [9.17, 15) is 13.2 Å². The maximum atomic E-state index is 11.4. The van der Waals surface area contributed by atoms with Crippen LogP contribution in [0.2, 0.25) is 0 Å². The number of amides is 1. The lowest BCUT2D eigenvalue weighted by molar-refractivity contribution is 0.0981. The molecule has 0 fully saturated rings. The Balaban J connectivity index is 3.08. The van der Waals surface area contributed by atoms with Crippen LogP contribution in [0.3, 0.4) is 0 Å². The molecule has 6 heteroatoms. The third-order valence-corrected chi connectivity index (χ3v) is 2.02. The van der Waals surface area contributed by atoms with Crippen LogP contribution in [0.1, 0.15) is 16.1 Å². The second-order valence-electron chi connectivity index (χ2n) is 2.75. The van der Waals surface area contributed by atoms with E-state index in [1.807, 2.05) is 4.72 Å². The third-order valence-electron chi connectivity index (χ3n) is 1.47. The molecule has 0 unspecified atom stereocenters. The van der Waals surface area contributed by atoms with Crippen molar-refractivity contribution < 1.29 is 13.2 Å². The van der Waals surface area contributed by atoms with E-state index in [0.717, 1.165) is 6.26 Å². The lowest BCUT2D eigenvalue weighted by Crippen LogP contribution is -2.30. The Labute approximate surface area is 87.6 Å². The molecule has 0 aliphatic heterocycles. The quantitative estimate of drug-likeness (QED) is 0.703. The molecule has 1 aromatic heterocycles. The first-order valence-corrected chi connectivity index (χ1v) is 5.77. The summed E-state index contributed by atoms with van der Waals surface area (Å²) in [6.45, 7) is 0. The average Bonchev–Trinajstić information content (AvgIpc) is 2.15. The van der Waals surface area contributed by atoms with Gasteiger partial charge in [0.25, 0.3) is 5.91 Å². The Kier molecular flexibility index (Phi) is 3.07. The van der Waals surface area contributed by atoms with Crippen LogP contribution < -0.4 is 4.72 Å². The number of hydrogen-bond acceptors (Lipinski definition) is 4. The normalized spacial score (nSPS) is 10.4. The summed E-state index contributed by atoms with van der Waals surface area (Å²) >= 11 is 0. The zero-order chi connectivity index (χ0) is 11.5. The molecular formula is C9H8N2O3S. The highest BCUT2D eigenvalue weighted by atomic mass is 32.2. The van der Waals surface area contributed by atoms with Gasteiger partial charge in [-0.3, -0.25) is 4.79 Å². The molecule has 1 N–H and O–H groups in total. The summed E-state index contributed by atoms with van der Waals surface area (Å²) in [6.07, 6.45) is 7.42. The number of sulfonamides is 1. The minimum absolute atomic E-state index is 0.0606. The van der Waals surface area contributed by atoms with Crippen LogP contribution >= 0.6 is 0 Å². The molecule has 1 amide bonds. The van der Waals surface area contributed by atoms with Gasteiger partial charge in [-0.2, -0.15) is 0 Å². The van der Waals surface area contributed by atoms with E-state index >= 15 is 0 Å². The van der Waals surface area contributed by atoms with E-state index in [0.29, 0.717) is 0 Å². The summed E-state index contributed by atoms with van der Waals surface area (Å²) in [5.41, 5.74) is 0.170. The van der Waals surface area contributed by atoms with Gasteiger partial charge in [-0.25, -0.2) is 18.1 Å². The molecule has 0 bridgehead atoms. The molecule has 0 atom stereocenters. The largest absolute Gasteiger partial charge is 0.268 e. The van der Waals surface area contributed by atoms with Crippen molar-refractivity contribution in [2.45, 2.75) is 0 Å². The highest BCUT2D eigenvalue weighted by Crippen LogP contribution is 2.03. The summed E-state index contributed by atoms with van der Waals surface area (Å²) in [6, 6.07) is 2.90. The van der Waals surface area contributed by atoms with Gasteiger partial charge >= 0.3 is 0 Å². The minimum Gasteiger partial charge on any atom is -0.268 e. The molecule has 0 radical (unpaired) electrons. The number of aromatic nitrogens is 1. The zero-order valence-electron chi connectivity index (χ0n) is 7.89. The van der Waals surface area contributed by atoms with Crippen LogP contribution in [-0.4, -0.2) is 25.6 Å². The van der Waals surface area contributed by atoms with Gasteiger partial charge in [0.05, 0.1) is 11.8 Å².